The van der Waals surface area contributed by atoms with Crippen LogP contribution in [0, 0.1) is 5.92 Å². The summed E-state index contributed by atoms with van der Waals surface area (Å²) in [6, 6.07) is 22.0. The number of carbonyl (C=O) groups is 2. The van der Waals surface area contributed by atoms with Gasteiger partial charge in [0.25, 0.3) is 0 Å². The van der Waals surface area contributed by atoms with Crippen molar-refractivity contribution in [1.82, 2.24) is 4.98 Å². The van der Waals surface area contributed by atoms with Crippen LogP contribution in [-0.2, 0) is 20.9 Å². The van der Waals surface area contributed by atoms with Crippen LogP contribution in [0.15, 0.2) is 83.6 Å². The predicted molar refractivity (Wildman–Crippen MR) is 145 cm³/mol. The Morgan fingerprint density at radius 3 is 2.57 bits per heavy atom. The molecule has 5 rings (SSSR count). The van der Waals surface area contributed by atoms with E-state index in [1.165, 1.54) is 26.0 Å². The van der Waals surface area contributed by atoms with Gasteiger partial charge in [0.1, 0.15) is 5.52 Å². The fourth-order valence-corrected chi connectivity index (χ4v) is 4.91. The zero-order chi connectivity index (χ0) is 25.6. The van der Waals surface area contributed by atoms with Gasteiger partial charge in [-0.05, 0) is 65.4 Å². The highest BCUT2D eigenvalue weighted by Gasteiger charge is 2.27. The van der Waals surface area contributed by atoms with Gasteiger partial charge < -0.3 is 14.1 Å². The van der Waals surface area contributed by atoms with Crippen molar-refractivity contribution in [3.8, 4) is 11.1 Å². The summed E-state index contributed by atoms with van der Waals surface area (Å²) in [6.07, 6.45) is 9.79. The number of ether oxygens (including phenoxy) is 1. The van der Waals surface area contributed by atoms with Crippen molar-refractivity contribution in [3.63, 3.8) is 0 Å². The number of anilines is 1. The maximum Gasteiger partial charge on any atom is 0.330 e. The van der Waals surface area contributed by atoms with Gasteiger partial charge in [-0.15, -0.1) is 0 Å². The normalized spacial score (nSPS) is 14.2. The van der Waals surface area contributed by atoms with E-state index in [9.17, 15) is 9.59 Å². The van der Waals surface area contributed by atoms with Crippen LogP contribution in [0.2, 0.25) is 0 Å². The third-order valence-electron chi connectivity index (χ3n) is 6.97. The number of esters is 1. The van der Waals surface area contributed by atoms with Crippen LogP contribution in [0.5, 0.6) is 0 Å². The number of hydrogen-bond donors (Lipinski definition) is 0. The number of amides is 1. The molecule has 6 nitrogen and oxygen atoms in total. The minimum absolute atomic E-state index is 0.0379. The van der Waals surface area contributed by atoms with Crippen molar-refractivity contribution in [2.24, 2.45) is 5.92 Å². The number of oxazole rings is 1. The molecular weight excluding hydrogens is 464 g/mol. The lowest BCUT2D eigenvalue weighted by Crippen LogP contribution is -2.36. The smallest absolute Gasteiger partial charge is 0.330 e. The van der Waals surface area contributed by atoms with Crippen LogP contribution in [0.4, 0.5) is 5.69 Å². The molecule has 6 heteroatoms. The average molecular weight is 495 g/mol. The molecule has 0 atom stereocenters. The highest BCUT2D eigenvalue weighted by Crippen LogP contribution is 2.30. The van der Waals surface area contributed by atoms with E-state index in [0.717, 1.165) is 64.7 Å². The maximum absolute atomic E-state index is 13.7. The molecule has 0 saturated heterocycles. The number of carbonyl (C=O) groups excluding carboxylic acids is 2. The van der Waals surface area contributed by atoms with E-state index in [4.69, 9.17) is 9.15 Å². The van der Waals surface area contributed by atoms with E-state index in [-0.39, 0.29) is 11.8 Å². The summed E-state index contributed by atoms with van der Waals surface area (Å²) in [7, 11) is 1.35. The van der Waals surface area contributed by atoms with Crippen molar-refractivity contribution < 1.29 is 18.7 Å². The lowest BCUT2D eigenvalue weighted by Gasteiger charge is -2.30. The molecule has 1 heterocycles. The number of methoxy groups -OCH3 is 1. The Morgan fingerprint density at radius 2 is 1.78 bits per heavy atom. The van der Waals surface area contributed by atoms with Gasteiger partial charge in [0.05, 0.1) is 13.7 Å². The Hall–Kier alpha value is -4.19. The molecule has 0 N–H and O–H groups in total. The Kier molecular flexibility index (Phi) is 7.45. The molecule has 37 heavy (non-hydrogen) atoms. The number of rotatable bonds is 7. The van der Waals surface area contributed by atoms with Crippen LogP contribution < -0.4 is 4.90 Å². The molecule has 4 aromatic rings. The first-order chi connectivity index (χ1) is 18.1. The first kappa shape index (κ1) is 24.5. The van der Waals surface area contributed by atoms with E-state index < -0.39 is 5.97 Å². The lowest BCUT2D eigenvalue weighted by atomic mass is 9.88. The quantitative estimate of drug-likeness (QED) is 0.209. The Bertz CT molecular complexity index is 1410. The summed E-state index contributed by atoms with van der Waals surface area (Å²) < 4.78 is 10.2. The SMILES string of the molecule is COC(=O)C=Cc1cccc(N(Cc2ccc(-c3ccc4ncoc4c3)cc2)C(=O)C2CCCCC2)c1. The predicted octanol–water partition coefficient (Wildman–Crippen LogP) is 6.79. The second kappa shape index (κ2) is 11.2. The van der Waals surface area contributed by atoms with Crippen molar-refractivity contribution in [3.05, 3.63) is 90.3 Å². The summed E-state index contributed by atoms with van der Waals surface area (Å²) in [5, 5.41) is 0. The van der Waals surface area contributed by atoms with Gasteiger partial charge in [0, 0.05) is 17.7 Å². The van der Waals surface area contributed by atoms with Crippen molar-refractivity contribution >= 4 is 34.7 Å². The van der Waals surface area contributed by atoms with E-state index in [0.29, 0.717) is 6.54 Å². The van der Waals surface area contributed by atoms with Gasteiger partial charge in [-0.25, -0.2) is 9.78 Å². The number of fused-ring (bicyclic) bond motifs is 1. The topological polar surface area (TPSA) is 72.6 Å². The van der Waals surface area contributed by atoms with E-state index >= 15 is 0 Å². The minimum Gasteiger partial charge on any atom is -0.466 e. The summed E-state index contributed by atoms with van der Waals surface area (Å²) in [5.74, 6) is -0.215. The van der Waals surface area contributed by atoms with E-state index in [1.54, 1.807) is 6.08 Å². The van der Waals surface area contributed by atoms with Gasteiger partial charge in [-0.1, -0.05) is 61.7 Å². The highest BCUT2D eigenvalue weighted by molar-refractivity contribution is 5.95. The Balaban J connectivity index is 1.41. The van der Waals surface area contributed by atoms with Crippen molar-refractivity contribution in [1.29, 1.82) is 0 Å². The third kappa shape index (κ3) is 5.80. The maximum atomic E-state index is 13.7. The van der Waals surface area contributed by atoms with Crippen molar-refractivity contribution in [2.75, 3.05) is 12.0 Å². The fourth-order valence-electron chi connectivity index (χ4n) is 4.91. The number of benzene rings is 3. The molecule has 1 saturated carbocycles. The Morgan fingerprint density at radius 1 is 1.00 bits per heavy atom. The van der Waals surface area contributed by atoms with Gasteiger partial charge >= 0.3 is 5.97 Å². The molecular formula is C31H30N2O4. The average Bonchev–Trinajstić information content (AvgIpc) is 3.43. The lowest BCUT2D eigenvalue weighted by molar-refractivity contribution is -0.134. The molecule has 0 aliphatic heterocycles. The van der Waals surface area contributed by atoms with E-state index in [1.807, 2.05) is 47.4 Å². The van der Waals surface area contributed by atoms with Gasteiger partial charge in [-0.3, -0.25) is 4.79 Å². The largest absolute Gasteiger partial charge is 0.466 e. The van der Waals surface area contributed by atoms with E-state index in [2.05, 4.69) is 29.2 Å². The monoisotopic (exact) mass is 494 g/mol. The zero-order valence-electron chi connectivity index (χ0n) is 20.9. The molecule has 1 aromatic heterocycles. The van der Waals surface area contributed by atoms with Gasteiger partial charge in [-0.2, -0.15) is 0 Å². The van der Waals surface area contributed by atoms with Crippen LogP contribution in [0.25, 0.3) is 28.3 Å². The molecule has 3 aromatic carbocycles. The summed E-state index contributed by atoms with van der Waals surface area (Å²) in [6.45, 7) is 0.473. The molecule has 0 unspecified atom stereocenters. The summed E-state index contributed by atoms with van der Waals surface area (Å²) in [4.78, 5) is 31.4. The number of hydrogen-bond acceptors (Lipinski definition) is 5. The third-order valence-corrected chi connectivity index (χ3v) is 6.97. The summed E-state index contributed by atoms with van der Waals surface area (Å²) in [5.41, 5.74) is 6.42. The molecule has 0 radical (unpaired) electrons. The second-order valence-electron chi connectivity index (χ2n) is 9.44. The van der Waals surface area contributed by atoms with Gasteiger partial charge in [0.2, 0.25) is 5.91 Å². The zero-order valence-corrected chi connectivity index (χ0v) is 20.9. The molecule has 1 aliphatic rings. The first-order valence-corrected chi connectivity index (χ1v) is 12.7. The van der Waals surface area contributed by atoms with Crippen molar-refractivity contribution in [2.45, 2.75) is 38.6 Å². The molecule has 1 amide bonds. The minimum atomic E-state index is -0.414. The number of aromatic nitrogens is 1. The van der Waals surface area contributed by atoms with Crippen LogP contribution in [-0.4, -0.2) is 24.0 Å². The Labute approximate surface area is 216 Å². The molecule has 0 spiro atoms. The van der Waals surface area contributed by atoms with Crippen LogP contribution >= 0.6 is 0 Å². The summed E-state index contributed by atoms with van der Waals surface area (Å²) >= 11 is 0. The molecule has 188 valence electrons. The highest BCUT2D eigenvalue weighted by atomic mass is 16.5. The second-order valence-corrected chi connectivity index (χ2v) is 9.44. The molecule has 0 bridgehead atoms. The number of nitrogens with zero attached hydrogens (tertiary/aromatic N) is 2. The standard InChI is InChI=1S/C31H30N2O4/c1-36-30(34)17-12-22-6-5-9-27(18-22)33(31(35)25-7-3-2-4-8-25)20-23-10-13-24(14-11-23)26-15-16-28-29(19-26)37-21-32-28/h5-6,9-19,21,25H,2-4,7-8,20H2,1H3. The van der Waals surface area contributed by atoms with Crippen LogP contribution in [0.3, 0.4) is 0 Å². The fraction of sp³-hybridized carbons (Fsp3) is 0.258. The molecule has 1 aliphatic carbocycles. The van der Waals surface area contributed by atoms with Gasteiger partial charge in [0.15, 0.2) is 12.0 Å². The first-order valence-electron chi connectivity index (χ1n) is 12.7. The van der Waals surface area contributed by atoms with Crippen LogP contribution in [0.1, 0.15) is 43.2 Å². The molecule has 1 fully saturated rings.